The number of sulfonamides is 1. The molecule has 0 heterocycles. The minimum atomic E-state index is -4.66. The highest BCUT2D eigenvalue weighted by molar-refractivity contribution is 7.92. The Bertz CT molecular complexity index is 1870. The van der Waals surface area contributed by atoms with Crippen molar-refractivity contribution in [1.29, 1.82) is 0 Å². The Morgan fingerprint density at radius 3 is 2.15 bits per heavy atom. The summed E-state index contributed by atoms with van der Waals surface area (Å²) in [5.74, 6) is -1.03. The van der Waals surface area contributed by atoms with E-state index in [1.807, 2.05) is 36.4 Å². The molecule has 252 valence electrons. The van der Waals surface area contributed by atoms with Gasteiger partial charge in [0.25, 0.3) is 15.7 Å². The summed E-state index contributed by atoms with van der Waals surface area (Å²) in [5, 5.41) is 14.8. The third-order valence-electron chi connectivity index (χ3n) is 7.55. The van der Waals surface area contributed by atoms with Crippen LogP contribution < -0.4 is 14.4 Å². The number of amides is 2. The van der Waals surface area contributed by atoms with E-state index in [-0.39, 0.29) is 41.0 Å². The number of hydrogen-bond acceptors (Lipinski definition) is 7. The Morgan fingerprint density at radius 2 is 1.56 bits per heavy atom. The van der Waals surface area contributed by atoms with E-state index in [1.54, 1.807) is 38.1 Å². The minimum Gasteiger partial charge on any atom is -0.495 e. The monoisotopic (exact) mass is 692 g/mol. The molecule has 0 aliphatic heterocycles. The van der Waals surface area contributed by atoms with Gasteiger partial charge < -0.3 is 15.0 Å². The number of anilines is 1. The number of rotatable bonds is 14. The second kappa shape index (κ2) is 15.8. The number of ether oxygens (including phenoxy) is 1. The average Bonchev–Trinajstić information content (AvgIpc) is 3.05. The van der Waals surface area contributed by atoms with Crippen LogP contribution in [0.5, 0.6) is 5.75 Å². The topological polar surface area (TPSA) is 139 Å². The quantitative estimate of drug-likeness (QED) is 0.128. The van der Waals surface area contributed by atoms with E-state index in [1.165, 1.54) is 49.3 Å². The zero-order valence-electron chi connectivity index (χ0n) is 27.0. The van der Waals surface area contributed by atoms with Crippen LogP contribution in [0, 0.1) is 17.0 Å². The number of nitro groups is 1. The SMILES string of the molecule is COc1ccc(Cl)cc1N(CC(=O)N(Cc1ccccc1)[C@@H](Cc1ccccc1)C(=O)NC(C)C)S(=O)(=O)c1ccc(C)c([N+](=O)[O-])c1. The van der Waals surface area contributed by atoms with Gasteiger partial charge in [0.05, 0.1) is 22.6 Å². The summed E-state index contributed by atoms with van der Waals surface area (Å²) in [4.78, 5) is 40.4. The Balaban J connectivity index is 1.88. The predicted molar refractivity (Wildman–Crippen MR) is 185 cm³/mol. The van der Waals surface area contributed by atoms with E-state index >= 15 is 0 Å². The molecule has 1 N–H and O–H groups in total. The van der Waals surface area contributed by atoms with Crippen molar-refractivity contribution in [3.63, 3.8) is 0 Å². The summed E-state index contributed by atoms with van der Waals surface area (Å²) in [7, 11) is -3.32. The van der Waals surface area contributed by atoms with Gasteiger partial charge in [-0.25, -0.2) is 8.42 Å². The van der Waals surface area contributed by atoms with Crippen LogP contribution in [0.1, 0.15) is 30.5 Å². The van der Waals surface area contributed by atoms with Gasteiger partial charge in [-0.05, 0) is 56.2 Å². The van der Waals surface area contributed by atoms with Crippen molar-refractivity contribution in [3.8, 4) is 5.75 Å². The molecule has 0 saturated carbocycles. The van der Waals surface area contributed by atoms with Gasteiger partial charge >= 0.3 is 0 Å². The maximum atomic E-state index is 14.6. The fourth-order valence-corrected chi connectivity index (χ4v) is 6.76. The summed E-state index contributed by atoms with van der Waals surface area (Å²) in [5.41, 5.74) is 1.30. The zero-order valence-corrected chi connectivity index (χ0v) is 28.6. The molecule has 0 aliphatic rings. The molecule has 0 fully saturated rings. The molecule has 2 amide bonds. The van der Waals surface area contributed by atoms with Gasteiger partial charge in [-0.15, -0.1) is 0 Å². The molecule has 0 bridgehead atoms. The molecule has 0 spiro atoms. The lowest BCUT2D eigenvalue weighted by atomic mass is 10.0. The largest absolute Gasteiger partial charge is 0.495 e. The third kappa shape index (κ3) is 8.69. The number of halogens is 1. The van der Waals surface area contributed by atoms with Gasteiger partial charge in [0.1, 0.15) is 18.3 Å². The summed E-state index contributed by atoms with van der Waals surface area (Å²) < 4.78 is 35.1. The summed E-state index contributed by atoms with van der Waals surface area (Å²) in [6, 6.07) is 24.8. The summed E-state index contributed by atoms with van der Waals surface area (Å²) >= 11 is 6.32. The lowest BCUT2D eigenvalue weighted by molar-refractivity contribution is -0.385. The Kier molecular flexibility index (Phi) is 11.8. The fraction of sp³-hybridized carbons (Fsp3) is 0.257. The van der Waals surface area contributed by atoms with Gasteiger partial charge in [0.15, 0.2) is 0 Å². The molecule has 4 rings (SSSR count). The average molecular weight is 693 g/mol. The van der Waals surface area contributed by atoms with Crippen molar-refractivity contribution >= 4 is 44.8 Å². The van der Waals surface area contributed by atoms with Crippen LogP contribution in [0.4, 0.5) is 11.4 Å². The zero-order chi connectivity index (χ0) is 35.0. The lowest BCUT2D eigenvalue weighted by Gasteiger charge is -2.34. The number of carbonyl (C=O) groups is 2. The van der Waals surface area contributed by atoms with E-state index in [9.17, 15) is 28.1 Å². The molecule has 0 unspecified atom stereocenters. The van der Waals surface area contributed by atoms with Crippen LogP contribution in [-0.4, -0.2) is 55.8 Å². The van der Waals surface area contributed by atoms with Crippen molar-refractivity contribution in [2.75, 3.05) is 18.0 Å². The number of nitrogens with one attached hydrogen (secondary N) is 1. The van der Waals surface area contributed by atoms with E-state index in [0.717, 1.165) is 15.9 Å². The van der Waals surface area contributed by atoms with Crippen LogP contribution in [0.15, 0.2) is 102 Å². The van der Waals surface area contributed by atoms with Gasteiger partial charge in [-0.3, -0.25) is 24.0 Å². The maximum Gasteiger partial charge on any atom is 0.273 e. The van der Waals surface area contributed by atoms with E-state index < -0.39 is 49.9 Å². The number of nitrogens with zero attached hydrogens (tertiary/aromatic N) is 3. The summed E-state index contributed by atoms with van der Waals surface area (Å²) in [6.07, 6.45) is 0.148. The Hall–Kier alpha value is -4.94. The molecule has 0 saturated heterocycles. The molecule has 13 heteroatoms. The standard InChI is InChI=1S/C35H37ClN4O7S/c1-24(2)37-35(42)32(19-26-11-7-5-8-12-26)38(22-27-13-9-6-10-14-27)34(41)23-39(31-20-28(36)16-18-33(31)47-4)48(45,46)29-17-15-25(3)30(21-29)40(43)44/h5-18,20-21,24,32H,19,22-23H2,1-4H3,(H,37,42)/t32-/m0/s1. The predicted octanol–water partition coefficient (Wildman–Crippen LogP) is 5.93. The smallest absolute Gasteiger partial charge is 0.273 e. The maximum absolute atomic E-state index is 14.6. The molecular formula is C35H37ClN4O7S. The van der Waals surface area contributed by atoms with Crippen LogP contribution in [-0.2, 0) is 32.6 Å². The highest BCUT2D eigenvalue weighted by Gasteiger charge is 2.36. The van der Waals surface area contributed by atoms with Crippen molar-refractivity contribution in [1.82, 2.24) is 10.2 Å². The first-order valence-corrected chi connectivity index (χ1v) is 16.9. The molecule has 0 radical (unpaired) electrons. The highest BCUT2D eigenvalue weighted by Crippen LogP contribution is 2.36. The van der Waals surface area contributed by atoms with Crippen LogP contribution in [0.3, 0.4) is 0 Å². The fourth-order valence-electron chi connectivity index (χ4n) is 5.16. The first kappa shape index (κ1) is 35.9. The molecule has 4 aromatic rings. The third-order valence-corrected chi connectivity index (χ3v) is 9.54. The van der Waals surface area contributed by atoms with Crippen LogP contribution in [0.2, 0.25) is 5.02 Å². The molecule has 0 aliphatic carbocycles. The number of benzene rings is 4. The van der Waals surface area contributed by atoms with E-state index in [0.29, 0.717) is 5.56 Å². The molecule has 1 atom stereocenters. The van der Waals surface area contributed by atoms with Crippen molar-refractivity contribution in [3.05, 3.63) is 129 Å². The highest BCUT2D eigenvalue weighted by atomic mass is 35.5. The van der Waals surface area contributed by atoms with Crippen LogP contribution >= 0.6 is 11.6 Å². The molecule has 4 aromatic carbocycles. The number of hydrogen-bond donors (Lipinski definition) is 1. The number of nitro benzene ring substituents is 1. The molecule has 0 aromatic heterocycles. The molecule has 11 nitrogen and oxygen atoms in total. The second-order valence-corrected chi connectivity index (χ2v) is 13.7. The Morgan fingerprint density at radius 1 is 0.938 bits per heavy atom. The number of carbonyl (C=O) groups excluding carboxylic acids is 2. The minimum absolute atomic E-state index is 0.0146. The first-order valence-electron chi connectivity index (χ1n) is 15.1. The first-order chi connectivity index (χ1) is 22.8. The second-order valence-electron chi connectivity index (χ2n) is 11.4. The van der Waals surface area contributed by atoms with Gasteiger partial charge in [-0.1, -0.05) is 78.3 Å². The lowest BCUT2D eigenvalue weighted by Crippen LogP contribution is -2.54. The van der Waals surface area contributed by atoms with E-state index in [2.05, 4.69) is 5.32 Å². The van der Waals surface area contributed by atoms with Gasteiger partial charge in [0.2, 0.25) is 11.8 Å². The molecular weight excluding hydrogens is 656 g/mol. The number of methoxy groups -OCH3 is 1. The number of aryl methyl sites for hydroxylation is 1. The van der Waals surface area contributed by atoms with Crippen molar-refractivity contribution in [2.24, 2.45) is 0 Å². The summed E-state index contributed by atoms with van der Waals surface area (Å²) in [6.45, 7) is 4.31. The van der Waals surface area contributed by atoms with Crippen LogP contribution in [0.25, 0.3) is 0 Å². The normalized spacial score (nSPS) is 11.9. The Labute approximate surface area is 285 Å². The molecule has 48 heavy (non-hydrogen) atoms. The van der Waals surface area contributed by atoms with Crippen molar-refractivity contribution in [2.45, 2.75) is 50.7 Å². The van der Waals surface area contributed by atoms with Crippen molar-refractivity contribution < 1.29 is 27.7 Å². The van der Waals surface area contributed by atoms with E-state index in [4.69, 9.17) is 16.3 Å². The van der Waals surface area contributed by atoms with Gasteiger partial charge in [0, 0.05) is 35.7 Å². The van der Waals surface area contributed by atoms with Gasteiger partial charge in [-0.2, -0.15) is 0 Å².